The quantitative estimate of drug-likeness (QED) is 0.374. The van der Waals surface area contributed by atoms with Gasteiger partial charge in [0.15, 0.2) is 0 Å². The van der Waals surface area contributed by atoms with Crippen molar-refractivity contribution in [2.75, 3.05) is 0 Å². The zero-order valence-electron chi connectivity index (χ0n) is 19.4. The summed E-state index contributed by atoms with van der Waals surface area (Å²) in [5.41, 5.74) is 12.4. The SMILES string of the molecule is CCCC(c1ccc(-c2ccc(-c3ccc(C)cc3)c(F)c2)cc1)C(CCC)C(C)N. The highest BCUT2D eigenvalue weighted by molar-refractivity contribution is 5.71. The Kier molecular flexibility index (Phi) is 8.03. The summed E-state index contributed by atoms with van der Waals surface area (Å²) in [6.45, 7) is 8.65. The van der Waals surface area contributed by atoms with Crippen LogP contribution in [0.25, 0.3) is 22.3 Å². The molecule has 0 aliphatic rings. The van der Waals surface area contributed by atoms with Crippen molar-refractivity contribution in [3.63, 3.8) is 0 Å². The van der Waals surface area contributed by atoms with Crippen molar-refractivity contribution in [1.82, 2.24) is 0 Å². The largest absolute Gasteiger partial charge is 0.328 e. The second kappa shape index (κ2) is 10.7. The van der Waals surface area contributed by atoms with Gasteiger partial charge in [-0.25, -0.2) is 4.39 Å². The molecule has 0 bridgehead atoms. The Hall–Kier alpha value is -2.45. The van der Waals surface area contributed by atoms with E-state index in [1.165, 1.54) is 11.1 Å². The Morgan fingerprint density at radius 2 is 1.35 bits per heavy atom. The van der Waals surface area contributed by atoms with Crippen LogP contribution in [0.2, 0.25) is 0 Å². The molecule has 0 saturated carbocycles. The van der Waals surface area contributed by atoms with Crippen molar-refractivity contribution in [3.8, 4) is 22.3 Å². The summed E-state index contributed by atoms with van der Waals surface area (Å²) in [7, 11) is 0. The molecular formula is C29H36FN. The lowest BCUT2D eigenvalue weighted by Crippen LogP contribution is -2.31. The first-order chi connectivity index (χ1) is 14.9. The first kappa shape index (κ1) is 23.2. The van der Waals surface area contributed by atoms with Crippen molar-refractivity contribution in [3.05, 3.63) is 83.7 Å². The molecule has 0 saturated heterocycles. The summed E-state index contributed by atoms with van der Waals surface area (Å²) in [6.07, 6.45) is 4.59. The molecule has 0 fully saturated rings. The van der Waals surface area contributed by atoms with Gasteiger partial charge in [0.05, 0.1) is 0 Å². The standard InChI is InChI=1S/C29H36FN/c1-5-7-26(21(4)31)27(8-6-2)23-15-13-22(14-16-23)25-17-18-28(29(30)19-25)24-11-9-20(3)10-12-24/h9-19,21,26-27H,5-8,31H2,1-4H3. The van der Waals surface area contributed by atoms with Crippen LogP contribution >= 0.6 is 0 Å². The molecule has 3 atom stereocenters. The summed E-state index contributed by atoms with van der Waals surface area (Å²) in [5.74, 6) is 0.774. The summed E-state index contributed by atoms with van der Waals surface area (Å²) < 4.78 is 14.9. The maximum atomic E-state index is 14.9. The monoisotopic (exact) mass is 417 g/mol. The molecule has 0 amide bonds. The molecule has 31 heavy (non-hydrogen) atoms. The molecule has 3 unspecified atom stereocenters. The van der Waals surface area contributed by atoms with Gasteiger partial charge in [-0.2, -0.15) is 0 Å². The van der Waals surface area contributed by atoms with Gasteiger partial charge in [-0.3, -0.25) is 0 Å². The minimum atomic E-state index is -0.186. The number of hydrogen-bond acceptors (Lipinski definition) is 1. The van der Waals surface area contributed by atoms with Crippen LogP contribution in [0, 0.1) is 18.7 Å². The van der Waals surface area contributed by atoms with E-state index in [1.807, 2.05) is 43.3 Å². The fourth-order valence-electron chi connectivity index (χ4n) is 4.69. The van der Waals surface area contributed by atoms with Crippen LogP contribution in [0.3, 0.4) is 0 Å². The highest BCUT2D eigenvalue weighted by Crippen LogP contribution is 2.36. The van der Waals surface area contributed by atoms with E-state index in [4.69, 9.17) is 5.73 Å². The molecule has 3 aromatic carbocycles. The third-order valence-electron chi connectivity index (χ3n) is 6.42. The average Bonchev–Trinajstić information content (AvgIpc) is 2.77. The number of halogens is 1. The lowest BCUT2D eigenvalue weighted by Gasteiger charge is -2.30. The van der Waals surface area contributed by atoms with Crippen molar-refractivity contribution in [1.29, 1.82) is 0 Å². The Balaban J connectivity index is 1.86. The van der Waals surface area contributed by atoms with Crippen LogP contribution in [0.5, 0.6) is 0 Å². The highest BCUT2D eigenvalue weighted by Gasteiger charge is 2.25. The first-order valence-electron chi connectivity index (χ1n) is 11.7. The molecule has 0 aliphatic carbocycles. The van der Waals surface area contributed by atoms with E-state index in [-0.39, 0.29) is 11.9 Å². The van der Waals surface area contributed by atoms with E-state index in [0.717, 1.165) is 42.4 Å². The van der Waals surface area contributed by atoms with Gasteiger partial charge in [-0.1, -0.05) is 92.9 Å². The Bertz CT molecular complexity index is 957. The van der Waals surface area contributed by atoms with E-state index in [1.54, 1.807) is 6.07 Å². The maximum absolute atomic E-state index is 14.9. The van der Waals surface area contributed by atoms with Crippen molar-refractivity contribution in [2.24, 2.45) is 11.7 Å². The predicted octanol–water partition coefficient (Wildman–Crippen LogP) is 8.12. The van der Waals surface area contributed by atoms with E-state index in [2.05, 4.69) is 45.0 Å². The van der Waals surface area contributed by atoms with Crippen molar-refractivity contribution in [2.45, 2.75) is 65.3 Å². The predicted molar refractivity (Wildman–Crippen MR) is 132 cm³/mol. The van der Waals surface area contributed by atoms with E-state index in [9.17, 15) is 4.39 Å². The first-order valence-corrected chi connectivity index (χ1v) is 11.7. The molecule has 0 radical (unpaired) electrons. The van der Waals surface area contributed by atoms with Gasteiger partial charge in [-0.05, 0) is 66.8 Å². The minimum absolute atomic E-state index is 0.180. The minimum Gasteiger partial charge on any atom is -0.328 e. The smallest absolute Gasteiger partial charge is 0.131 e. The third-order valence-corrected chi connectivity index (χ3v) is 6.42. The Labute approximate surface area is 187 Å². The normalized spacial score (nSPS) is 14.3. The summed E-state index contributed by atoms with van der Waals surface area (Å²) in [6, 6.07) is 22.4. The number of nitrogens with two attached hydrogens (primary N) is 1. The summed E-state index contributed by atoms with van der Waals surface area (Å²) in [5, 5.41) is 0. The molecule has 3 aromatic rings. The maximum Gasteiger partial charge on any atom is 0.131 e. The van der Waals surface area contributed by atoms with Crippen LogP contribution < -0.4 is 5.73 Å². The topological polar surface area (TPSA) is 26.0 Å². The number of benzene rings is 3. The fraction of sp³-hybridized carbons (Fsp3) is 0.379. The summed E-state index contributed by atoms with van der Waals surface area (Å²) in [4.78, 5) is 0. The van der Waals surface area contributed by atoms with Gasteiger partial charge in [0, 0.05) is 11.6 Å². The lowest BCUT2D eigenvalue weighted by molar-refractivity contribution is 0.323. The Morgan fingerprint density at radius 1 is 0.774 bits per heavy atom. The van der Waals surface area contributed by atoms with Gasteiger partial charge in [0.2, 0.25) is 0 Å². The van der Waals surface area contributed by atoms with Gasteiger partial charge < -0.3 is 5.73 Å². The zero-order valence-corrected chi connectivity index (χ0v) is 19.4. The van der Waals surface area contributed by atoms with E-state index >= 15 is 0 Å². The average molecular weight is 418 g/mol. The van der Waals surface area contributed by atoms with Crippen molar-refractivity contribution >= 4 is 0 Å². The molecule has 2 N–H and O–H groups in total. The summed E-state index contributed by atoms with van der Waals surface area (Å²) >= 11 is 0. The molecule has 0 aliphatic heterocycles. The van der Waals surface area contributed by atoms with E-state index < -0.39 is 0 Å². The molecule has 0 spiro atoms. The van der Waals surface area contributed by atoms with Gasteiger partial charge in [0.25, 0.3) is 0 Å². The van der Waals surface area contributed by atoms with Crippen LogP contribution in [-0.4, -0.2) is 6.04 Å². The van der Waals surface area contributed by atoms with Crippen LogP contribution in [0.1, 0.15) is 63.5 Å². The molecule has 1 nitrogen and oxygen atoms in total. The Morgan fingerprint density at radius 3 is 1.90 bits per heavy atom. The fourth-order valence-corrected chi connectivity index (χ4v) is 4.69. The zero-order chi connectivity index (χ0) is 22.4. The molecule has 3 rings (SSSR count). The van der Waals surface area contributed by atoms with Gasteiger partial charge in [0.1, 0.15) is 5.82 Å². The number of rotatable bonds is 9. The van der Waals surface area contributed by atoms with Gasteiger partial charge in [-0.15, -0.1) is 0 Å². The molecule has 2 heteroatoms. The molecule has 0 aromatic heterocycles. The van der Waals surface area contributed by atoms with Gasteiger partial charge >= 0.3 is 0 Å². The van der Waals surface area contributed by atoms with Crippen LogP contribution in [0.4, 0.5) is 4.39 Å². The number of hydrogen-bond donors (Lipinski definition) is 1. The lowest BCUT2D eigenvalue weighted by atomic mass is 9.77. The molecule has 164 valence electrons. The number of aryl methyl sites for hydroxylation is 1. The molecule has 0 heterocycles. The van der Waals surface area contributed by atoms with Crippen molar-refractivity contribution < 1.29 is 4.39 Å². The third kappa shape index (κ3) is 5.62. The molecular weight excluding hydrogens is 381 g/mol. The second-order valence-electron chi connectivity index (χ2n) is 8.89. The van der Waals surface area contributed by atoms with Crippen LogP contribution in [-0.2, 0) is 0 Å². The van der Waals surface area contributed by atoms with E-state index in [0.29, 0.717) is 17.4 Å². The highest BCUT2D eigenvalue weighted by atomic mass is 19.1. The second-order valence-corrected chi connectivity index (χ2v) is 8.89. The van der Waals surface area contributed by atoms with Crippen LogP contribution in [0.15, 0.2) is 66.7 Å².